The molecule has 112 valence electrons. The van der Waals surface area contributed by atoms with Crippen LogP contribution in [0.25, 0.3) is 0 Å². The Kier molecular flexibility index (Phi) is 5.01. The summed E-state index contributed by atoms with van der Waals surface area (Å²) in [5.74, 6) is 0. The molecule has 1 N–H and O–H groups in total. The average molecular weight is 288 g/mol. The highest BCUT2D eigenvalue weighted by molar-refractivity contribution is 5.20. The fourth-order valence-electron chi connectivity index (χ4n) is 2.49. The van der Waals surface area contributed by atoms with E-state index in [1.807, 2.05) is 0 Å². The van der Waals surface area contributed by atoms with E-state index in [1.165, 1.54) is 24.1 Å². The molecule has 0 spiro atoms. The van der Waals surface area contributed by atoms with E-state index in [1.54, 1.807) is 18.2 Å². The standard InChI is InChI=1S/C14H19F3N2O/c1-19(10-12-9-18-7-8-20-12)13(14(15,16)17)11-5-3-2-4-6-11/h2-6,12-13,18H,7-10H2,1H3. The molecule has 1 aromatic carbocycles. The normalized spacial score (nSPS) is 21.9. The van der Waals surface area contributed by atoms with Crippen molar-refractivity contribution in [2.24, 2.45) is 0 Å². The van der Waals surface area contributed by atoms with Crippen LogP contribution >= 0.6 is 0 Å². The lowest BCUT2D eigenvalue weighted by atomic mass is 10.0. The number of alkyl halides is 3. The Balaban J connectivity index is 2.10. The lowest BCUT2D eigenvalue weighted by Crippen LogP contribution is -2.47. The van der Waals surface area contributed by atoms with E-state index in [0.29, 0.717) is 13.2 Å². The van der Waals surface area contributed by atoms with Gasteiger partial charge in [-0.2, -0.15) is 13.2 Å². The van der Waals surface area contributed by atoms with Gasteiger partial charge >= 0.3 is 6.18 Å². The van der Waals surface area contributed by atoms with Crippen LogP contribution in [0.5, 0.6) is 0 Å². The predicted molar refractivity (Wildman–Crippen MR) is 70.5 cm³/mol. The third-order valence-electron chi connectivity index (χ3n) is 3.36. The van der Waals surface area contributed by atoms with Gasteiger partial charge in [0.1, 0.15) is 6.04 Å². The van der Waals surface area contributed by atoms with Crippen molar-refractivity contribution in [1.29, 1.82) is 0 Å². The van der Waals surface area contributed by atoms with Gasteiger partial charge in [-0.3, -0.25) is 4.90 Å². The fourth-order valence-corrected chi connectivity index (χ4v) is 2.49. The largest absolute Gasteiger partial charge is 0.408 e. The van der Waals surface area contributed by atoms with Crippen LogP contribution in [0.4, 0.5) is 13.2 Å². The number of hydrogen-bond donors (Lipinski definition) is 1. The Morgan fingerprint density at radius 2 is 2.05 bits per heavy atom. The van der Waals surface area contributed by atoms with Crippen molar-refractivity contribution in [1.82, 2.24) is 10.2 Å². The first-order valence-electron chi connectivity index (χ1n) is 6.62. The third kappa shape index (κ3) is 3.94. The molecule has 0 saturated carbocycles. The second-order valence-corrected chi connectivity index (χ2v) is 4.99. The van der Waals surface area contributed by atoms with Crippen LogP contribution < -0.4 is 5.32 Å². The van der Waals surface area contributed by atoms with Gasteiger partial charge in [0, 0.05) is 19.6 Å². The highest BCUT2D eigenvalue weighted by atomic mass is 19.4. The molecule has 3 nitrogen and oxygen atoms in total. The summed E-state index contributed by atoms with van der Waals surface area (Å²) in [5, 5.41) is 3.12. The summed E-state index contributed by atoms with van der Waals surface area (Å²) < 4.78 is 45.4. The van der Waals surface area contributed by atoms with Crippen LogP contribution in [0, 0.1) is 0 Å². The lowest BCUT2D eigenvalue weighted by Gasteiger charge is -2.34. The molecular formula is C14H19F3N2O. The van der Waals surface area contributed by atoms with Crippen LogP contribution in [-0.4, -0.2) is 50.5 Å². The maximum Gasteiger partial charge on any atom is 0.408 e. The van der Waals surface area contributed by atoms with E-state index < -0.39 is 12.2 Å². The first-order chi connectivity index (χ1) is 9.48. The molecule has 1 fully saturated rings. The molecular weight excluding hydrogens is 269 g/mol. The van der Waals surface area contributed by atoms with E-state index in [4.69, 9.17) is 4.74 Å². The van der Waals surface area contributed by atoms with Crippen molar-refractivity contribution in [2.75, 3.05) is 33.3 Å². The molecule has 2 unspecified atom stereocenters. The molecule has 2 atom stereocenters. The van der Waals surface area contributed by atoms with Crippen molar-refractivity contribution < 1.29 is 17.9 Å². The third-order valence-corrected chi connectivity index (χ3v) is 3.36. The van der Waals surface area contributed by atoms with Gasteiger partial charge in [0.05, 0.1) is 12.7 Å². The van der Waals surface area contributed by atoms with Crippen LogP contribution in [-0.2, 0) is 4.74 Å². The van der Waals surface area contributed by atoms with Crippen LogP contribution in [0.2, 0.25) is 0 Å². The van der Waals surface area contributed by atoms with E-state index in [9.17, 15) is 13.2 Å². The smallest absolute Gasteiger partial charge is 0.374 e. The second-order valence-electron chi connectivity index (χ2n) is 4.99. The highest BCUT2D eigenvalue weighted by Gasteiger charge is 2.43. The monoisotopic (exact) mass is 288 g/mol. The van der Waals surface area contributed by atoms with Gasteiger partial charge in [-0.15, -0.1) is 0 Å². The first-order valence-corrected chi connectivity index (χ1v) is 6.62. The minimum atomic E-state index is -4.31. The number of benzene rings is 1. The number of likely N-dealkylation sites (N-methyl/N-ethyl adjacent to an activating group) is 1. The summed E-state index contributed by atoms with van der Waals surface area (Å²) in [5.41, 5.74) is 0.256. The summed E-state index contributed by atoms with van der Waals surface area (Å²) in [6.07, 6.45) is -4.51. The molecule has 0 aromatic heterocycles. The first kappa shape index (κ1) is 15.3. The van der Waals surface area contributed by atoms with Gasteiger partial charge in [0.2, 0.25) is 0 Å². The lowest BCUT2D eigenvalue weighted by molar-refractivity contribution is -0.186. The maximum absolute atomic E-state index is 13.3. The summed E-state index contributed by atoms with van der Waals surface area (Å²) in [6, 6.07) is 6.38. The SMILES string of the molecule is CN(CC1CNCCO1)C(c1ccccc1)C(F)(F)F. The summed E-state index contributed by atoms with van der Waals surface area (Å²) in [6.45, 7) is 2.12. The summed E-state index contributed by atoms with van der Waals surface area (Å²) >= 11 is 0. The fraction of sp³-hybridized carbons (Fsp3) is 0.571. The number of hydrogen-bond acceptors (Lipinski definition) is 3. The Hall–Kier alpha value is -1.11. The van der Waals surface area contributed by atoms with Crippen LogP contribution in [0.1, 0.15) is 11.6 Å². The number of ether oxygens (including phenoxy) is 1. The molecule has 0 radical (unpaired) electrons. The summed E-state index contributed by atoms with van der Waals surface area (Å²) in [4.78, 5) is 1.31. The zero-order valence-electron chi connectivity index (χ0n) is 11.4. The Labute approximate surface area is 116 Å². The van der Waals surface area contributed by atoms with Gasteiger partial charge in [-0.05, 0) is 12.6 Å². The number of rotatable bonds is 4. The van der Waals surface area contributed by atoms with E-state index in [-0.39, 0.29) is 18.2 Å². The minimum Gasteiger partial charge on any atom is -0.374 e. The molecule has 0 amide bonds. The molecule has 6 heteroatoms. The zero-order chi connectivity index (χ0) is 14.6. The van der Waals surface area contributed by atoms with Gasteiger partial charge in [-0.25, -0.2) is 0 Å². The second kappa shape index (κ2) is 6.56. The van der Waals surface area contributed by atoms with Crippen LogP contribution in [0.3, 0.4) is 0 Å². The molecule has 1 saturated heterocycles. The van der Waals surface area contributed by atoms with Crippen molar-refractivity contribution in [3.05, 3.63) is 35.9 Å². The molecule has 1 aliphatic heterocycles. The molecule has 1 aliphatic rings. The Bertz CT molecular complexity index is 405. The van der Waals surface area contributed by atoms with E-state index >= 15 is 0 Å². The Morgan fingerprint density at radius 1 is 1.35 bits per heavy atom. The quantitative estimate of drug-likeness (QED) is 0.919. The molecule has 2 rings (SSSR count). The number of halogens is 3. The molecule has 1 heterocycles. The van der Waals surface area contributed by atoms with Gasteiger partial charge in [0.25, 0.3) is 0 Å². The van der Waals surface area contributed by atoms with Crippen molar-refractivity contribution in [3.8, 4) is 0 Å². The Morgan fingerprint density at radius 3 is 2.60 bits per heavy atom. The highest BCUT2D eigenvalue weighted by Crippen LogP contribution is 2.36. The molecule has 20 heavy (non-hydrogen) atoms. The zero-order valence-corrected chi connectivity index (χ0v) is 11.4. The number of nitrogens with zero attached hydrogens (tertiary/aromatic N) is 1. The van der Waals surface area contributed by atoms with Crippen molar-refractivity contribution >= 4 is 0 Å². The van der Waals surface area contributed by atoms with Crippen LogP contribution in [0.15, 0.2) is 30.3 Å². The average Bonchev–Trinajstić information content (AvgIpc) is 2.39. The molecule has 1 aromatic rings. The van der Waals surface area contributed by atoms with E-state index in [0.717, 1.165) is 6.54 Å². The topological polar surface area (TPSA) is 24.5 Å². The number of morpholine rings is 1. The van der Waals surface area contributed by atoms with E-state index in [2.05, 4.69) is 5.32 Å². The maximum atomic E-state index is 13.3. The predicted octanol–water partition coefficient (Wildman–Crippen LogP) is 2.21. The van der Waals surface area contributed by atoms with Gasteiger partial charge in [0.15, 0.2) is 0 Å². The summed E-state index contributed by atoms with van der Waals surface area (Å²) in [7, 11) is 1.49. The van der Waals surface area contributed by atoms with Crippen molar-refractivity contribution in [2.45, 2.75) is 18.3 Å². The van der Waals surface area contributed by atoms with Crippen molar-refractivity contribution in [3.63, 3.8) is 0 Å². The molecule has 0 bridgehead atoms. The van der Waals surface area contributed by atoms with Gasteiger partial charge < -0.3 is 10.1 Å². The minimum absolute atomic E-state index is 0.206. The van der Waals surface area contributed by atoms with Gasteiger partial charge in [-0.1, -0.05) is 30.3 Å². The molecule has 0 aliphatic carbocycles. The number of nitrogens with one attached hydrogen (secondary N) is 1.